The Kier molecular flexibility index (Phi) is 8.79. The van der Waals surface area contributed by atoms with E-state index in [1.54, 1.807) is 12.1 Å². The summed E-state index contributed by atoms with van der Waals surface area (Å²) in [5, 5.41) is 2.99. The van der Waals surface area contributed by atoms with Gasteiger partial charge in [0.2, 0.25) is 0 Å². The molecule has 0 radical (unpaired) electrons. The van der Waals surface area contributed by atoms with E-state index in [2.05, 4.69) is 46.3 Å². The molecule has 0 spiro atoms. The van der Waals surface area contributed by atoms with Crippen LogP contribution in [0.3, 0.4) is 0 Å². The number of piperazine rings is 1. The lowest BCUT2D eigenvalue weighted by Gasteiger charge is -2.38. The monoisotopic (exact) mass is 488 g/mol. The fourth-order valence-corrected chi connectivity index (χ4v) is 4.71. The molecule has 0 saturated carbocycles. The number of ketones is 1. The second kappa shape index (κ2) is 12.4. The number of carbonyl (C=O) groups is 2. The maximum Gasteiger partial charge on any atom is 0.291 e. The number of hydrogen-bond acceptors (Lipinski definition) is 6. The van der Waals surface area contributed by atoms with Crippen LogP contribution in [0.1, 0.15) is 58.6 Å². The van der Waals surface area contributed by atoms with E-state index in [9.17, 15) is 9.59 Å². The number of unbranched alkanes of at least 4 members (excludes halogenated alkanes) is 3. The van der Waals surface area contributed by atoms with Crippen molar-refractivity contribution in [3.05, 3.63) is 77.7 Å². The number of anilines is 3. The van der Waals surface area contributed by atoms with Gasteiger partial charge in [-0.1, -0.05) is 31.0 Å². The molecule has 1 aliphatic heterocycles. The second-order valence-corrected chi connectivity index (χ2v) is 9.30. The average Bonchev–Trinajstić information content (AvgIpc) is 3.44. The molecule has 7 nitrogen and oxygen atoms in total. The number of benzene rings is 2. The van der Waals surface area contributed by atoms with Crippen LogP contribution in [0.5, 0.6) is 0 Å². The van der Waals surface area contributed by atoms with Gasteiger partial charge >= 0.3 is 0 Å². The maximum absolute atomic E-state index is 12.9. The van der Waals surface area contributed by atoms with Crippen molar-refractivity contribution in [2.45, 2.75) is 39.0 Å². The van der Waals surface area contributed by atoms with E-state index in [-0.39, 0.29) is 17.5 Å². The minimum Gasteiger partial charge on any atom is -0.459 e. The van der Waals surface area contributed by atoms with Crippen molar-refractivity contribution in [1.29, 1.82) is 0 Å². The lowest BCUT2D eigenvalue weighted by molar-refractivity contribution is 0.0974. The normalized spacial score (nSPS) is 13.6. The van der Waals surface area contributed by atoms with Crippen LogP contribution in [0, 0.1) is 6.92 Å². The summed E-state index contributed by atoms with van der Waals surface area (Å²) in [6, 6.07) is 17.4. The van der Waals surface area contributed by atoms with Gasteiger partial charge in [0.25, 0.3) is 5.91 Å². The summed E-state index contributed by atoms with van der Waals surface area (Å²) >= 11 is 0. The number of aryl methyl sites for hydroxylation is 1. The number of amides is 1. The van der Waals surface area contributed by atoms with Crippen LogP contribution < -0.4 is 20.9 Å². The van der Waals surface area contributed by atoms with Crippen LogP contribution in [0.2, 0.25) is 0 Å². The minimum atomic E-state index is -0.328. The van der Waals surface area contributed by atoms with Crippen molar-refractivity contribution in [1.82, 2.24) is 0 Å². The largest absolute Gasteiger partial charge is 0.459 e. The summed E-state index contributed by atoms with van der Waals surface area (Å²) in [6.07, 6.45) is 5.84. The molecule has 4 rings (SSSR count). The first-order chi connectivity index (χ1) is 17.6. The fourth-order valence-electron chi connectivity index (χ4n) is 4.71. The quantitative estimate of drug-likeness (QED) is 0.283. The van der Waals surface area contributed by atoms with Crippen molar-refractivity contribution in [2.24, 2.45) is 5.73 Å². The second-order valence-electron chi connectivity index (χ2n) is 9.30. The van der Waals surface area contributed by atoms with E-state index in [1.165, 1.54) is 17.5 Å². The number of para-hydroxylation sites is 1. The minimum absolute atomic E-state index is 0.0900. The van der Waals surface area contributed by atoms with Gasteiger partial charge in [-0.05, 0) is 68.3 Å². The predicted molar refractivity (Wildman–Crippen MR) is 145 cm³/mol. The number of nitrogens with zero attached hydrogens (tertiary/aromatic N) is 2. The Balaban J connectivity index is 1.49. The molecule has 1 saturated heterocycles. The molecule has 0 atom stereocenters. The fraction of sp³-hybridized carbons (Fsp3) is 0.379. The molecule has 190 valence electrons. The lowest BCUT2D eigenvalue weighted by Crippen LogP contribution is -2.47. The SMILES string of the molecule is Cc1ccccc1N1CCN(c2ccc(C(=O)CCCCCCN)cc2NC(=O)c2ccco2)CC1. The van der Waals surface area contributed by atoms with Crippen molar-refractivity contribution >= 4 is 28.8 Å². The molecule has 7 heteroatoms. The summed E-state index contributed by atoms with van der Waals surface area (Å²) < 4.78 is 5.28. The molecule has 1 amide bonds. The van der Waals surface area contributed by atoms with Gasteiger partial charge in [0.05, 0.1) is 17.6 Å². The van der Waals surface area contributed by atoms with E-state index >= 15 is 0 Å². The first-order valence-electron chi connectivity index (χ1n) is 12.8. The van der Waals surface area contributed by atoms with Crippen LogP contribution >= 0.6 is 0 Å². The Labute approximate surface area is 213 Å². The zero-order chi connectivity index (χ0) is 25.3. The average molecular weight is 489 g/mol. The third-order valence-electron chi connectivity index (χ3n) is 6.75. The molecule has 36 heavy (non-hydrogen) atoms. The van der Waals surface area contributed by atoms with Gasteiger partial charge in [-0.2, -0.15) is 0 Å². The van der Waals surface area contributed by atoms with Crippen molar-refractivity contribution in [3.8, 4) is 0 Å². The summed E-state index contributed by atoms with van der Waals surface area (Å²) in [7, 11) is 0. The van der Waals surface area contributed by atoms with Crippen LogP contribution in [0.4, 0.5) is 17.1 Å². The summed E-state index contributed by atoms with van der Waals surface area (Å²) in [6.45, 7) is 6.20. The molecular formula is C29H36N4O3. The molecule has 3 N–H and O–H groups in total. The zero-order valence-corrected chi connectivity index (χ0v) is 21.0. The highest BCUT2D eigenvalue weighted by atomic mass is 16.3. The standard InChI is InChI=1S/C29H36N4O3/c1-22-9-5-6-10-25(22)32-16-18-33(19-17-32)26-14-13-23(27(34)11-4-2-3-7-15-30)21-24(26)31-29(35)28-12-8-20-36-28/h5-6,8-10,12-14,20-21H,2-4,7,11,15-19,30H2,1H3,(H,31,35). The third-order valence-corrected chi connectivity index (χ3v) is 6.75. The van der Waals surface area contributed by atoms with Crippen LogP contribution in [-0.2, 0) is 0 Å². The summed E-state index contributed by atoms with van der Waals surface area (Å²) in [5.41, 5.74) is 10.3. The van der Waals surface area contributed by atoms with Gasteiger partial charge in [0.1, 0.15) is 0 Å². The lowest BCUT2D eigenvalue weighted by atomic mass is 10.0. The first-order valence-corrected chi connectivity index (χ1v) is 12.8. The number of carbonyl (C=O) groups excluding carboxylic acids is 2. The van der Waals surface area contributed by atoms with E-state index in [0.29, 0.717) is 24.2 Å². The van der Waals surface area contributed by atoms with Gasteiger partial charge in [-0.15, -0.1) is 0 Å². The first kappa shape index (κ1) is 25.5. The maximum atomic E-state index is 12.9. The smallest absolute Gasteiger partial charge is 0.291 e. The van der Waals surface area contributed by atoms with Crippen molar-refractivity contribution in [3.63, 3.8) is 0 Å². The van der Waals surface area contributed by atoms with Crippen molar-refractivity contribution in [2.75, 3.05) is 47.8 Å². The Morgan fingerprint density at radius 2 is 1.61 bits per heavy atom. The number of Topliss-reactive ketones (excluding diaryl/α,β-unsaturated/α-hetero) is 1. The predicted octanol–water partition coefficient (Wildman–Crippen LogP) is 5.26. The van der Waals surface area contributed by atoms with Gasteiger partial charge in [-0.3, -0.25) is 9.59 Å². The van der Waals surface area contributed by atoms with Gasteiger partial charge < -0.3 is 25.3 Å². The molecule has 1 aliphatic rings. The zero-order valence-electron chi connectivity index (χ0n) is 21.0. The van der Waals surface area contributed by atoms with Crippen molar-refractivity contribution < 1.29 is 14.0 Å². The van der Waals surface area contributed by atoms with Gasteiger partial charge in [-0.25, -0.2) is 0 Å². The number of nitrogens with one attached hydrogen (secondary N) is 1. The molecule has 1 aromatic heterocycles. The molecule has 2 aromatic carbocycles. The highest BCUT2D eigenvalue weighted by Crippen LogP contribution is 2.31. The number of furan rings is 1. The number of nitrogens with two attached hydrogens (primary N) is 1. The molecule has 0 aliphatic carbocycles. The number of rotatable bonds is 11. The molecule has 1 fully saturated rings. The molecular weight excluding hydrogens is 452 g/mol. The van der Waals surface area contributed by atoms with Crippen LogP contribution in [0.25, 0.3) is 0 Å². The third kappa shape index (κ3) is 6.34. The highest BCUT2D eigenvalue weighted by molar-refractivity contribution is 6.06. The Morgan fingerprint density at radius 1 is 0.889 bits per heavy atom. The Morgan fingerprint density at radius 3 is 2.31 bits per heavy atom. The number of hydrogen-bond donors (Lipinski definition) is 2. The van der Waals surface area contributed by atoms with Gasteiger partial charge in [0, 0.05) is 43.9 Å². The topological polar surface area (TPSA) is 91.8 Å². The Hall–Kier alpha value is -3.58. The van der Waals surface area contributed by atoms with E-state index in [1.807, 2.05) is 18.2 Å². The van der Waals surface area contributed by atoms with E-state index in [4.69, 9.17) is 10.2 Å². The van der Waals surface area contributed by atoms with E-state index < -0.39 is 0 Å². The summed E-state index contributed by atoms with van der Waals surface area (Å²) in [4.78, 5) is 30.4. The molecule has 0 unspecified atom stereocenters. The molecule has 0 bridgehead atoms. The highest BCUT2D eigenvalue weighted by Gasteiger charge is 2.22. The van der Waals surface area contributed by atoms with E-state index in [0.717, 1.165) is 57.5 Å². The summed E-state index contributed by atoms with van der Waals surface area (Å²) in [5.74, 6) is 0.000281. The van der Waals surface area contributed by atoms with Gasteiger partial charge in [0.15, 0.2) is 11.5 Å². The Bertz CT molecular complexity index is 1150. The van der Waals surface area contributed by atoms with Crippen LogP contribution in [0.15, 0.2) is 65.3 Å². The van der Waals surface area contributed by atoms with Crippen LogP contribution in [-0.4, -0.2) is 44.4 Å². The molecule has 3 aromatic rings. The molecule has 2 heterocycles.